The molecule has 0 rings (SSSR count). The molecular weight excluding hydrogens is 741 g/mol. The highest BCUT2D eigenvalue weighted by atomic mass is 16.6. The molecular formula is C55H90O5. The molecule has 0 saturated heterocycles. The van der Waals surface area contributed by atoms with Crippen molar-refractivity contribution in [1.82, 2.24) is 0 Å². The average molecular weight is 831 g/mol. The highest BCUT2D eigenvalue weighted by molar-refractivity contribution is 5.70. The Morgan fingerprint density at radius 1 is 0.383 bits per heavy atom. The van der Waals surface area contributed by atoms with Gasteiger partial charge in [-0.2, -0.15) is 0 Å². The third-order valence-corrected chi connectivity index (χ3v) is 9.77. The van der Waals surface area contributed by atoms with E-state index in [2.05, 4.69) is 130 Å². The van der Waals surface area contributed by atoms with Crippen molar-refractivity contribution in [3.8, 4) is 0 Å². The van der Waals surface area contributed by atoms with Crippen LogP contribution in [0.15, 0.2) is 109 Å². The monoisotopic (exact) mass is 831 g/mol. The van der Waals surface area contributed by atoms with Crippen LogP contribution in [-0.2, 0) is 23.8 Å². The van der Waals surface area contributed by atoms with Crippen LogP contribution in [-0.4, -0.2) is 37.9 Å². The van der Waals surface area contributed by atoms with Crippen molar-refractivity contribution in [3.63, 3.8) is 0 Å². The Hall–Kier alpha value is -3.44. The second-order valence-corrected chi connectivity index (χ2v) is 15.6. The minimum absolute atomic E-state index is 0.0353. The lowest BCUT2D eigenvalue weighted by atomic mass is 10.1. The van der Waals surface area contributed by atoms with E-state index >= 15 is 0 Å². The number of carbonyl (C=O) groups is 2. The summed E-state index contributed by atoms with van der Waals surface area (Å²) >= 11 is 0. The molecule has 0 heterocycles. The van der Waals surface area contributed by atoms with Gasteiger partial charge < -0.3 is 14.2 Å². The lowest BCUT2D eigenvalue weighted by Gasteiger charge is -2.18. The van der Waals surface area contributed by atoms with Crippen LogP contribution in [0.2, 0.25) is 0 Å². The van der Waals surface area contributed by atoms with Crippen LogP contribution in [0.5, 0.6) is 0 Å². The summed E-state index contributed by atoms with van der Waals surface area (Å²) in [5.74, 6) is -0.509. The van der Waals surface area contributed by atoms with Gasteiger partial charge in [-0.05, 0) is 116 Å². The SMILES string of the molecule is CC/C=C\C/C=C\C/C=C\C/C=C\C/C=C\CCCC(=O)OCC(COCCCCCCCC/C=C\CCCCCC)OC(=O)CCCCC/C=C\C/C=C\C/C=C\CC. The summed E-state index contributed by atoms with van der Waals surface area (Å²) < 4.78 is 17.3. The first-order chi connectivity index (χ1) is 29.6. The highest BCUT2D eigenvalue weighted by Gasteiger charge is 2.17. The number of hydrogen-bond acceptors (Lipinski definition) is 5. The average Bonchev–Trinajstić information content (AvgIpc) is 3.25. The first kappa shape index (κ1) is 56.6. The molecule has 1 atom stereocenters. The van der Waals surface area contributed by atoms with E-state index in [1.54, 1.807) is 0 Å². The van der Waals surface area contributed by atoms with E-state index in [1.165, 1.54) is 64.2 Å². The van der Waals surface area contributed by atoms with Crippen LogP contribution < -0.4 is 0 Å². The summed E-state index contributed by atoms with van der Waals surface area (Å²) in [5, 5.41) is 0. The largest absolute Gasteiger partial charge is 0.462 e. The van der Waals surface area contributed by atoms with Crippen molar-refractivity contribution in [1.29, 1.82) is 0 Å². The standard InChI is InChI=1S/C55H90O5/c1-4-7-10-13-16-19-22-25-27-28-29-31-33-36-39-42-45-48-54(56)59-52-53(51-58-50-47-44-41-38-35-32-26-23-20-17-14-11-8-5-2)60-55(57)49-46-43-40-37-34-30-24-21-18-15-12-9-6-3/h7,9-10,12,16,18-21,23,25,27,29-31,34,36,39,53H,4-6,8,11,13-15,17,22,24,26,28,32-33,35,37-38,40-52H2,1-3H3/b10-7-,12-9-,19-16-,21-18-,23-20-,27-25-,31-29-,34-30-,39-36-. The summed E-state index contributed by atoms with van der Waals surface area (Å²) in [5.41, 5.74) is 0. The van der Waals surface area contributed by atoms with Crippen molar-refractivity contribution in [3.05, 3.63) is 109 Å². The normalized spacial score (nSPS) is 13.2. The van der Waals surface area contributed by atoms with E-state index in [4.69, 9.17) is 14.2 Å². The fourth-order valence-corrected chi connectivity index (χ4v) is 6.20. The van der Waals surface area contributed by atoms with E-state index < -0.39 is 6.10 Å². The molecule has 0 amide bonds. The third-order valence-electron chi connectivity index (χ3n) is 9.77. The highest BCUT2D eigenvalue weighted by Crippen LogP contribution is 2.11. The lowest BCUT2D eigenvalue weighted by Crippen LogP contribution is -2.30. The molecule has 0 N–H and O–H groups in total. The molecule has 0 aromatic carbocycles. The number of rotatable bonds is 43. The zero-order valence-electron chi connectivity index (χ0n) is 38.9. The number of unbranched alkanes of at least 4 members (excludes halogenated alkanes) is 14. The van der Waals surface area contributed by atoms with Gasteiger partial charge in [-0.15, -0.1) is 0 Å². The Morgan fingerprint density at radius 3 is 1.27 bits per heavy atom. The summed E-state index contributed by atoms with van der Waals surface area (Å²) in [6.45, 7) is 7.46. The predicted molar refractivity (Wildman–Crippen MR) is 260 cm³/mol. The second-order valence-electron chi connectivity index (χ2n) is 15.6. The van der Waals surface area contributed by atoms with Gasteiger partial charge in [0, 0.05) is 19.4 Å². The summed E-state index contributed by atoms with van der Waals surface area (Å²) in [7, 11) is 0. The molecule has 1 unspecified atom stereocenters. The van der Waals surface area contributed by atoms with Crippen molar-refractivity contribution in [2.45, 2.75) is 207 Å². The molecule has 0 bridgehead atoms. The molecule has 0 saturated carbocycles. The van der Waals surface area contributed by atoms with Crippen LogP contribution in [0.25, 0.3) is 0 Å². The topological polar surface area (TPSA) is 61.8 Å². The maximum atomic E-state index is 12.7. The van der Waals surface area contributed by atoms with E-state index in [0.29, 0.717) is 19.4 Å². The Morgan fingerprint density at radius 2 is 0.767 bits per heavy atom. The Kier molecular flexibility index (Phi) is 47.1. The first-order valence-electron chi connectivity index (χ1n) is 24.4. The molecule has 0 aliphatic carbocycles. The van der Waals surface area contributed by atoms with Crippen molar-refractivity contribution >= 4 is 11.9 Å². The van der Waals surface area contributed by atoms with Gasteiger partial charge in [0.05, 0.1) is 6.61 Å². The van der Waals surface area contributed by atoms with Crippen LogP contribution in [0.1, 0.15) is 201 Å². The number of ether oxygens (including phenoxy) is 3. The molecule has 60 heavy (non-hydrogen) atoms. The van der Waals surface area contributed by atoms with E-state index in [0.717, 1.165) is 103 Å². The zero-order valence-corrected chi connectivity index (χ0v) is 38.9. The molecule has 0 fully saturated rings. The number of esters is 2. The maximum absolute atomic E-state index is 12.7. The van der Waals surface area contributed by atoms with Gasteiger partial charge in [-0.3, -0.25) is 9.59 Å². The van der Waals surface area contributed by atoms with Crippen molar-refractivity contribution in [2.75, 3.05) is 19.8 Å². The lowest BCUT2D eigenvalue weighted by molar-refractivity contribution is -0.163. The molecule has 0 aliphatic heterocycles. The van der Waals surface area contributed by atoms with Gasteiger partial charge >= 0.3 is 11.9 Å². The van der Waals surface area contributed by atoms with Gasteiger partial charge in [0.2, 0.25) is 0 Å². The van der Waals surface area contributed by atoms with Crippen molar-refractivity contribution in [2.24, 2.45) is 0 Å². The predicted octanol–water partition coefficient (Wildman–Crippen LogP) is 16.4. The van der Waals surface area contributed by atoms with E-state index in [-0.39, 0.29) is 25.2 Å². The molecule has 0 aromatic rings. The van der Waals surface area contributed by atoms with E-state index in [9.17, 15) is 9.59 Å². The van der Waals surface area contributed by atoms with Crippen LogP contribution >= 0.6 is 0 Å². The maximum Gasteiger partial charge on any atom is 0.306 e. The fraction of sp³-hybridized carbons (Fsp3) is 0.636. The smallest absolute Gasteiger partial charge is 0.306 e. The second kappa shape index (κ2) is 49.9. The first-order valence-corrected chi connectivity index (χ1v) is 24.4. The Labute approximate surface area is 370 Å². The molecule has 0 spiro atoms. The number of hydrogen-bond donors (Lipinski definition) is 0. The minimum atomic E-state index is -0.583. The third kappa shape index (κ3) is 47.2. The molecule has 0 aliphatic rings. The number of allylic oxidation sites excluding steroid dienone is 18. The van der Waals surface area contributed by atoms with Gasteiger partial charge in [0.15, 0.2) is 6.10 Å². The van der Waals surface area contributed by atoms with Crippen LogP contribution in [0.4, 0.5) is 0 Å². The minimum Gasteiger partial charge on any atom is -0.462 e. The quantitative estimate of drug-likeness (QED) is 0.0348. The van der Waals surface area contributed by atoms with Crippen LogP contribution in [0.3, 0.4) is 0 Å². The molecule has 340 valence electrons. The summed E-state index contributed by atoms with van der Waals surface area (Å²) in [6, 6.07) is 0. The fourth-order valence-electron chi connectivity index (χ4n) is 6.20. The van der Waals surface area contributed by atoms with Gasteiger partial charge in [-0.25, -0.2) is 0 Å². The summed E-state index contributed by atoms with van der Waals surface area (Å²) in [4.78, 5) is 25.3. The Bertz CT molecular complexity index is 1210. The van der Waals surface area contributed by atoms with E-state index in [1.807, 2.05) is 0 Å². The molecule has 0 radical (unpaired) electrons. The molecule has 5 nitrogen and oxygen atoms in total. The number of carbonyl (C=O) groups excluding carboxylic acids is 2. The molecule has 5 heteroatoms. The van der Waals surface area contributed by atoms with Crippen LogP contribution in [0, 0.1) is 0 Å². The summed E-state index contributed by atoms with van der Waals surface area (Å²) in [6.07, 6.45) is 68.1. The van der Waals surface area contributed by atoms with Gasteiger partial charge in [0.1, 0.15) is 6.61 Å². The zero-order chi connectivity index (χ0) is 43.5. The van der Waals surface area contributed by atoms with Crippen molar-refractivity contribution < 1.29 is 23.8 Å². The van der Waals surface area contributed by atoms with Gasteiger partial charge in [0.25, 0.3) is 0 Å². The molecule has 0 aromatic heterocycles. The Balaban J connectivity index is 4.43. The van der Waals surface area contributed by atoms with Gasteiger partial charge in [-0.1, -0.05) is 182 Å².